The van der Waals surface area contributed by atoms with Crippen LogP contribution in [-0.4, -0.2) is 24.9 Å². The molecule has 35 heavy (non-hydrogen) atoms. The zero-order valence-corrected chi connectivity index (χ0v) is 19.8. The van der Waals surface area contributed by atoms with Crippen molar-refractivity contribution in [3.8, 4) is 0 Å². The van der Waals surface area contributed by atoms with Gasteiger partial charge < -0.3 is 15.5 Å². The second-order valence-electron chi connectivity index (χ2n) is 9.05. The maximum absolute atomic E-state index is 13.4. The number of nitrogens with one attached hydrogen (secondary N) is 2. The minimum atomic E-state index is -0.200. The van der Waals surface area contributed by atoms with Crippen LogP contribution in [0.1, 0.15) is 52.1 Å². The van der Waals surface area contributed by atoms with Gasteiger partial charge in [0.2, 0.25) is 0 Å². The molecule has 1 atom stereocenters. The Kier molecular flexibility index (Phi) is 6.49. The van der Waals surface area contributed by atoms with E-state index in [0.717, 1.165) is 48.0 Å². The van der Waals surface area contributed by atoms with E-state index >= 15 is 0 Å². The van der Waals surface area contributed by atoms with Gasteiger partial charge in [0.25, 0.3) is 11.8 Å². The Balaban J connectivity index is 1.40. The highest BCUT2D eigenvalue weighted by atomic mass is 16.2. The number of hydrogen-bond acceptors (Lipinski definition) is 3. The molecule has 2 N–H and O–H groups in total. The van der Waals surface area contributed by atoms with Gasteiger partial charge in [-0.05, 0) is 66.4 Å². The van der Waals surface area contributed by atoms with Crippen molar-refractivity contribution in [2.75, 3.05) is 23.3 Å². The van der Waals surface area contributed by atoms with Crippen LogP contribution in [0.3, 0.4) is 0 Å². The van der Waals surface area contributed by atoms with E-state index in [1.165, 1.54) is 0 Å². The fraction of sp³-hybridized carbons (Fsp3) is 0.200. The molecule has 1 aliphatic rings. The van der Waals surface area contributed by atoms with Crippen LogP contribution in [0, 0.1) is 0 Å². The van der Waals surface area contributed by atoms with Crippen LogP contribution >= 0.6 is 0 Å². The molecule has 1 heterocycles. The number of nitrogens with zero attached hydrogens (tertiary/aromatic N) is 1. The van der Waals surface area contributed by atoms with Crippen molar-refractivity contribution in [2.45, 2.75) is 25.8 Å². The summed E-state index contributed by atoms with van der Waals surface area (Å²) in [6.07, 6.45) is 2.23. The molecule has 5 heteroatoms. The van der Waals surface area contributed by atoms with Gasteiger partial charge in [0, 0.05) is 30.0 Å². The van der Waals surface area contributed by atoms with Crippen LogP contribution in [0.25, 0.3) is 10.8 Å². The number of hydrogen-bond donors (Lipinski definition) is 2. The monoisotopic (exact) mass is 463 g/mol. The van der Waals surface area contributed by atoms with E-state index in [4.69, 9.17) is 0 Å². The highest BCUT2D eigenvalue weighted by Gasteiger charge is 2.22. The van der Waals surface area contributed by atoms with Crippen LogP contribution < -0.4 is 15.5 Å². The Morgan fingerprint density at radius 1 is 0.771 bits per heavy atom. The fourth-order valence-electron chi connectivity index (χ4n) is 4.66. The molecule has 0 aliphatic carbocycles. The maximum atomic E-state index is 13.4. The molecule has 1 aliphatic heterocycles. The van der Waals surface area contributed by atoms with Crippen LogP contribution in [0.5, 0.6) is 0 Å². The number of benzene rings is 4. The van der Waals surface area contributed by atoms with Gasteiger partial charge in [-0.2, -0.15) is 0 Å². The predicted molar refractivity (Wildman–Crippen MR) is 142 cm³/mol. The van der Waals surface area contributed by atoms with Gasteiger partial charge in [-0.3, -0.25) is 9.59 Å². The standard InChI is InChI=1S/C30H29N3O2/c1-21(22-9-3-2-4-10-22)31-30(35)27-20-26(15-16-28(27)33-17-7-8-18-33)32-29(34)25-14-13-23-11-5-6-12-24(23)19-25/h2-6,9-16,19-21H,7-8,17-18H2,1H3,(H,31,35)(H,32,34). The summed E-state index contributed by atoms with van der Waals surface area (Å²) in [4.78, 5) is 28.7. The Labute approximate surface area is 205 Å². The average Bonchev–Trinajstić information content (AvgIpc) is 3.43. The lowest BCUT2D eigenvalue weighted by Gasteiger charge is -2.23. The lowest BCUT2D eigenvalue weighted by molar-refractivity contribution is 0.0939. The van der Waals surface area contributed by atoms with Crippen molar-refractivity contribution in [1.29, 1.82) is 0 Å². The first-order chi connectivity index (χ1) is 17.1. The van der Waals surface area contributed by atoms with E-state index in [0.29, 0.717) is 16.8 Å². The lowest BCUT2D eigenvalue weighted by atomic mass is 10.1. The van der Waals surface area contributed by atoms with Gasteiger partial charge in [-0.15, -0.1) is 0 Å². The van der Waals surface area contributed by atoms with E-state index in [2.05, 4.69) is 15.5 Å². The van der Waals surface area contributed by atoms with Crippen LogP contribution in [0.15, 0.2) is 91.0 Å². The quantitative estimate of drug-likeness (QED) is 0.359. The van der Waals surface area contributed by atoms with Gasteiger partial charge in [-0.25, -0.2) is 0 Å². The second kappa shape index (κ2) is 10.0. The third kappa shape index (κ3) is 5.04. The van der Waals surface area contributed by atoms with Crippen molar-refractivity contribution < 1.29 is 9.59 Å². The minimum Gasteiger partial charge on any atom is -0.371 e. The fourth-order valence-corrected chi connectivity index (χ4v) is 4.66. The Morgan fingerprint density at radius 2 is 1.49 bits per heavy atom. The molecule has 0 bridgehead atoms. The van der Waals surface area contributed by atoms with Gasteiger partial charge in [-0.1, -0.05) is 60.7 Å². The number of carbonyl (C=O) groups is 2. The summed E-state index contributed by atoms with van der Waals surface area (Å²) in [5, 5.41) is 8.22. The molecule has 176 valence electrons. The first-order valence-electron chi connectivity index (χ1n) is 12.1. The second-order valence-corrected chi connectivity index (χ2v) is 9.05. The third-order valence-corrected chi connectivity index (χ3v) is 6.60. The van der Waals surface area contributed by atoms with E-state index < -0.39 is 0 Å². The number of fused-ring (bicyclic) bond motifs is 1. The first kappa shape index (κ1) is 22.7. The smallest absolute Gasteiger partial charge is 0.255 e. The molecule has 5 nitrogen and oxygen atoms in total. The Bertz CT molecular complexity index is 1360. The predicted octanol–water partition coefficient (Wildman–Crippen LogP) is 6.18. The first-order valence-corrected chi connectivity index (χ1v) is 12.1. The summed E-state index contributed by atoms with van der Waals surface area (Å²) in [5.74, 6) is -0.348. The Hall–Kier alpha value is -4.12. The number of amides is 2. The number of anilines is 2. The zero-order valence-electron chi connectivity index (χ0n) is 19.8. The number of carbonyl (C=O) groups excluding carboxylic acids is 2. The van der Waals surface area contributed by atoms with Crippen LogP contribution in [-0.2, 0) is 0 Å². The molecule has 2 amide bonds. The highest BCUT2D eigenvalue weighted by Crippen LogP contribution is 2.29. The van der Waals surface area contributed by atoms with Crippen molar-refractivity contribution in [1.82, 2.24) is 5.32 Å². The van der Waals surface area contributed by atoms with Crippen molar-refractivity contribution in [3.05, 3.63) is 108 Å². The summed E-state index contributed by atoms with van der Waals surface area (Å²) in [7, 11) is 0. The lowest BCUT2D eigenvalue weighted by Crippen LogP contribution is -2.29. The highest BCUT2D eigenvalue weighted by molar-refractivity contribution is 6.08. The summed E-state index contributed by atoms with van der Waals surface area (Å²) in [5.41, 5.74) is 3.71. The summed E-state index contributed by atoms with van der Waals surface area (Å²) in [6, 6.07) is 29.0. The zero-order chi connectivity index (χ0) is 24.2. The van der Waals surface area contributed by atoms with Gasteiger partial charge in [0.05, 0.1) is 11.6 Å². The molecular weight excluding hydrogens is 434 g/mol. The third-order valence-electron chi connectivity index (χ3n) is 6.60. The van der Waals surface area contributed by atoms with Crippen molar-refractivity contribution in [2.24, 2.45) is 0 Å². The normalized spacial score (nSPS) is 14.0. The molecule has 0 spiro atoms. The average molecular weight is 464 g/mol. The molecule has 4 aromatic carbocycles. The molecule has 1 saturated heterocycles. The molecule has 1 fully saturated rings. The van der Waals surface area contributed by atoms with Crippen molar-refractivity contribution >= 4 is 34.0 Å². The summed E-state index contributed by atoms with van der Waals surface area (Å²) >= 11 is 0. The van der Waals surface area contributed by atoms with Crippen LogP contribution in [0.2, 0.25) is 0 Å². The van der Waals surface area contributed by atoms with E-state index in [-0.39, 0.29) is 17.9 Å². The molecule has 4 aromatic rings. The molecule has 0 aromatic heterocycles. The van der Waals surface area contributed by atoms with E-state index in [1.54, 1.807) is 6.07 Å². The summed E-state index contributed by atoms with van der Waals surface area (Å²) < 4.78 is 0. The topological polar surface area (TPSA) is 61.4 Å². The van der Waals surface area contributed by atoms with E-state index in [9.17, 15) is 9.59 Å². The maximum Gasteiger partial charge on any atom is 0.255 e. The number of rotatable bonds is 6. The Morgan fingerprint density at radius 3 is 2.26 bits per heavy atom. The molecule has 0 radical (unpaired) electrons. The molecule has 1 unspecified atom stereocenters. The summed E-state index contributed by atoms with van der Waals surface area (Å²) in [6.45, 7) is 3.84. The molecule has 5 rings (SSSR count). The SMILES string of the molecule is CC(NC(=O)c1cc(NC(=O)c2ccc3ccccc3c2)ccc1N1CCCC1)c1ccccc1. The van der Waals surface area contributed by atoms with Crippen molar-refractivity contribution in [3.63, 3.8) is 0 Å². The van der Waals surface area contributed by atoms with Gasteiger partial charge >= 0.3 is 0 Å². The molecular formula is C30H29N3O2. The van der Waals surface area contributed by atoms with Gasteiger partial charge in [0.15, 0.2) is 0 Å². The van der Waals surface area contributed by atoms with Crippen LogP contribution in [0.4, 0.5) is 11.4 Å². The van der Waals surface area contributed by atoms with E-state index in [1.807, 2.05) is 91.9 Å². The minimum absolute atomic E-state index is 0.133. The molecule has 0 saturated carbocycles. The van der Waals surface area contributed by atoms with Gasteiger partial charge in [0.1, 0.15) is 0 Å². The largest absolute Gasteiger partial charge is 0.371 e.